The molecule has 0 radical (unpaired) electrons. The third-order valence-corrected chi connectivity index (χ3v) is 7.80. The van der Waals surface area contributed by atoms with Gasteiger partial charge in [0.25, 0.3) is 11.8 Å². The predicted octanol–water partition coefficient (Wildman–Crippen LogP) is 2.68. The van der Waals surface area contributed by atoms with E-state index in [0.29, 0.717) is 47.1 Å². The maximum absolute atomic E-state index is 13.5. The van der Waals surface area contributed by atoms with Gasteiger partial charge in [-0.2, -0.15) is 0 Å². The molecule has 3 aliphatic rings. The molecule has 4 aromatic rings. The molecule has 2 N–H and O–H groups in total. The Labute approximate surface area is 259 Å². The second kappa shape index (κ2) is 13.1. The first kappa shape index (κ1) is 29.7. The molecule has 4 bridgehead atoms. The minimum Gasteiger partial charge on any atom is -0.493 e. The SMILES string of the molecule is COc1ccc2cc1OCC(=O)NCc1ccc(cc1)O[C@H]1CN(C(=O)CCc3nc4ccccc4nc3OC)C[C@@H]1NC2=O. The van der Waals surface area contributed by atoms with E-state index in [4.69, 9.17) is 18.9 Å². The number of likely N-dealkylation sites (tertiary alicyclic amines) is 1. The minimum atomic E-state index is -0.511. The van der Waals surface area contributed by atoms with Crippen molar-refractivity contribution in [3.63, 3.8) is 0 Å². The first-order valence-electron chi connectivity index (χ1n) is 14.6. The van der Waals surface area contributed by atoms with Crippen LogP contribution in [0.1, 0.15) is 28.0 Å². The average molecular weight is 612 g/mol. The largest absolute Gasteiger partial charge is 0.493 e. The lowest BCUT2D eigenvalue weighted by molar-refractivity contribution is -0.130. The zero-order chi connectivity index (χ0) is 31.3. The number of aryl methyl sites for hydroxylation is 1. The third kappa shape index (κ3) is 6.74. The molecule has 4 heterocycles. The molecule has 12 nitrogen and oxygen atoms in total. The summed E-state index contributed by atoms with van der Waals surface area (Å²) >= 11 is 0. The van der Waals surface area contributed by atoms with Crippen molar-refractivity contribution in [1.82, 2.24) is 25.5 Å². The van der Waals surface area contributed by atoms with Gasteiger partial charge in [0.1, 0.15) is 17.5 Å². The Morgan fingerprint density at radius 3 is 2.51 bits per heavy atom. The van der Waals surface area contributed by atoms with Crippen LogP contribution in [0.4, 0.5) is 0 Å². The van der Waals surface area contributed by atoms with Gasteiger partial charge in [0, 0.05) is 31.5 Å². The van der Waals surface area contributed by atoms with E-state index in [0.717, 1.165) is 11.1 Å². The molecule has 1 aromatic heterocycles. The normalized spacial score (nSPS) is 18.2. The lowest BCUT2D eigenvalue weighted by Gasteiger charge is -2.21. The average Bonchev–Trinajstić information content (AvgIpc) is 3.46. The van der Waals surface area contributed by atoms with Gasteiger partial charge in [-0.1, -0.05) is 24.3 Å². The highest BCUT2D eigenvalue weighted by molar-refractivity contribution is 5.95. The van der Waals surface area contributed by atoms with Gasteiger partial charge in [0.2, 0.25) is 11.8 Å². The molecule has 1 saturated heterocycles. The Morgan fingerprint density at radius 1 is 0.978 bits per heavy atom. The number of para-hydroxylation sites is 2. The van der Waals surface area contributed by atoms with E-state index >= 15 is 0 Å². The van der Waals surface area contributed by atoms with E-state index in [2.05, 4.69) is 20.6 Å². The van der Waals surface area contributed by atoms with Crippen molar-refractivity contribution in [3.05, 3.63) is 83.6 Å². The fourth-order valence-corrected chi connectivity index (χ4v) is 5.40. The summed E-state index contributed by atoms with van der Waals surface area (Å²) in [4.78, 5) is 50.2. The number of benzene rings is 3. The predicted molar refractivity (Wildman–Crippen MR) is 163 cm³/mol. The molecule has 0 unspecified atom stereocenters. The molecule has 3 aromatic carbocycles. The Morgan fingerprint density at radius 2 is 1.76 bits per heavy atom. The number of rotatable bonds is 5. The zero-order valence-electron chi connectivity index (χ0n) is 24.9. The van der Waals surface area contributed by atoms with E-state index in [1.165, 1.54) is 20.3 Å². The second-order valence-electron chi connectivity index (χ2n) is 10.8. The number of amides is 3. The highest BCUT2D eigenvalue weighted by Crippen LogP contribution is 2.29. The minimum absolute atomic E-state index is 0.106. The molecule has 0 saturated carbocycles. The van der Waals surface area contributed by atoms with Crippen LogP contribution in [-0.4, -0.2) is 78.7 Å². The summed E-state index contributed by atoms with van der Waals surface area (Å²) in [5.41, 5.74) is 3.23. The van der Waals surface area contributed by atoms with Crippen molar-refractivity contribution in [2.75, 3.05) is 33.9 Å². The molecule has 0 spiro atoms. The molecular weight excluding hydrogens is 578 g/mol. The summed E-state index contributed by atoms with van der Waals surface area (Å²) in [5.74, 6) is 0.818. The van der Waals surface area contributed by atoms with Gasteiger partial charge in [0.05, 0.1) is 37.8 Å². The maximum atomic E-state index is 13.5. The number of nitrogens with one attached hydrogen (secondary N) is 2. The summed E-state index contributed by atoms with van der Waals surface area (Å²) in [6, 6.07) is 19.1. The molecule has 3 amide bonds. The van der Waals surface area contributed by atoms with E-state index in [1.807, 2.05) is 36.4 Å². The van der Waals surface area contributed by atoms with Crippen LogP contribution in [-0.2, 0) is 22.6 Å². The highest BCUT2D eigenvalue weighted by Gasteiger charge is 2.38. The number of hydrogen-bond donors (Lipinski definition) is 2. The zero-order valence-corrected chi connectivity index (χ0v) is 24.9. The Balaban J connectivity index is 1.22. The van der Waals surface area contributed by atoms with Crippen LogP contribution in [0.15, 0.2) is 66.7 Å². The number of carbonyl (C=O) groups is 3. The molecule has 2 atom stereocenters. The van der Waals surface area contributed by atoms with Crippen LogP contribution in [0.25, 0.3) is 11.0 Å². The molecular formula is C33H33N5O7. The van der Waals surface area contributed by atoms with Crippen molar-refractivity contribution in [3.8, 4) is 23.1 Å². The molecule has 12 heteroatoms. The standard InChI is InChI=1S/C33H33N5O7/c1-42-27-13-9-21-15-28(27)44-19-30(39)34-16-20-7-10-22(11-8-20)45-29-18-38(17-26(29)36-32(21)41)31(40)14-12-25-33(43-2)37-24-6-4-3-5-23(24)35-25/h3-11,13,15,26,29H,12,14,16-19H2,1-2H3,(H,34,39)(H,36,41)/t26-,29-/m0/s1. The molecule has 0 aliphatic carbocycles. The van der Waals surface area contributed by atoms with Crippen LogP contribution in [0.5, 0.6) is 23.1 Å². The van der Waals surface area contributed by atoms with Crippen LogP contribution in [0.3, 0.4) is 0 Å². The van der Waals surface area contributed by atoms with Crippen molar-refractivity contribution in [2.45, 2.75) is 31.5 Å². The van der Waals surface area contributed by atoms with Crippen molar-refractivity contribution >= 4 is 28.8 Å². The lowest BCUT2D eigenvalue weighted by Crippen LogP contribution is -2.45. The van der Waals surface area contributed by atoms with Gasteiger partial charge in [-0.05, 0) is 48.0 Å². The number of methoxy groups -OCH3 is 2. The summed E-state index contributed by atoms with van der Waals surface area (Å²) < 4.78 is 22.9. The van der Waals surface area contributed by atoms with Gasteiger partial charge in [-0.15, -0.1) is 0 Å². The van der Waals surface area contributed by atoms with Gasteiger partial charge in [-0.25, -0.2) is 9.97 Å². The first-order valence-corrected chi connectivity index (χ1v) is 14.6. The fraction of sp³-hybridized carbons (Fsp3) is 0.303. The maximum Gasteiger partial charge on any atom is 0.258 e. The third-order valence-electron chi connectivity index (χ3n) is 7.80. The van der Waals surface area contributed by atoms with Gasteiger partial charge < -0.3 is 34.5 Å². The van der Waals surface area contributed by atoms with Crippen LogP contribution >= 0.6 is 0 Å². The monoisotopic (exact) mass is 611 g/mol. The second-order valence-corrected chi connectivity index (χ2v) is 10.8. The molecule has 45 heavy (non-hydrogen) atoms. The van der Waals surface area contributed by atoms with Crippen molar-refractivity contribution in [2.24, 2.45) is 0 Å². The molecule has 7 rings (SSSR count). The van der Waals surface area contributed by atoms with Crippen molar-refractivity contribution < 1.29 is 33.3 Å². The van der Waals surface area contributed by atoms with Crippen LogP contribution in [0.2, 0.25) is 0 Å². The van der Waals surface area contributed by atoms with Gasteiger partial charge in [0.15, 0.2) is 18.1 Å². The smallest absolute Gasteiger partial charge is 0.258 e. The quantitative estimate of drug-likeness (QED) is 0.349. The number of hydrogen-bond acceptors (Lipinski definition) is 9. The molecule has 1 fully saturated rings. The molecule has 232 valence electrons. The topological polar surface area (TPSA) is 141 Å². The highest BCUT2D eigenvalue weighted by atomic mass is 16.5. The van der Waals surface area contributed by atoms with E-state index < -0.39 is 12.1 Å². The number of ether oxygens (including phenoxy) is 4. The van der Waals surface area contributed by atoms with Crippen LogP contribution in [0, 0.1) is 0 Å². The Bertz CT molecular complexity index is 1730. The summed E-state index contributed by atoms with van der Waals surface area (Å²) in [5, 5.41) is 5.86. The fourth-order valence-electron chi connectivity index (χ4n) is 5.40. The summed E-state index contributed by atoms with van der Waals surface area (Å²) in [7, 11) is 3.02. The van der Waals surface area contributed by atoms with Gasteiger partial charge in [-0.3, -0.25) is 14.4 Å². The number of aromatic nitrogens is 2. The lowest BCUT2D eigenvalue weighted by atomic mass is 10.1. The first-order chi connectivity index (χ1) is 21.9. The van der Waals surface area contributed by atoms with E-state index in [9.17, 15) is 14.4 Å². The number of carbonyl (C=O) groups excluding carboxylic acids is 3. The van der Waals surface area contributed by atoms with Gasteiger partial charge >= 0.3 is 0 Å². The Kier molecular flexibility index (Phi) is 8.63. The number of fused-ring (bicyclic) bond motifs is 8. The Hall–Kier alpha value is -5.39. The summed E-state index contributed by atoms with van der Waals surface area (Å²) in [6.45, 7) is 0.590. The van der Waals surface area contributed by atoms with E-state index in [-0.39, 0.29) is 49.6 Å². The molecule has 3 aliphatic heterocycles. The number of nitrogens with zero attached hydrogens (tertiary/aromatic N) is 3. The summed E-state index contributed by atoms with van der Waals surface area (Å²) in [6.07, 6.45) is 0.00474. The van der Waals surface area contributed by atoms with E-state index in [1.54, 1.807) is 29.2 Å². The van der Waals surface area contributed by atoms with Crippen LogP contribution < -0.4 is 29.6 Å². The van der Waals surface area contributed by atoms with Crippen molar-refractivity contribution in [1.29, 1.82) is 0 Å².